The van der Waals surface area contributed by atoms with E-state index in [1.807, 2.05) is 11.7 Å². The first-order chi connectivity index (χ1) is 15.0. The molecule has 0 saturated carbocycles. The van der Waals surface area contributed by atoms with Gasteiger partial charge in [0.1, 0.15) is 12.4 Å². The van der Waals surface area contributed by atoms with E-state index < -0.39 is 0 Å². The van der Waals surface area contributed by atoms with Crippen molar-refractivity contribution in [3.05, 3.63) is 46.3 Å². The molecule has 170 valence electrons. The lowest BCUT2D eigenvalue weighted by Crippen LogP contribution is -2.38. The van der Waals surface area contributed by atoms with Crippen LogP contribution in [0.3, 0.4) is 0 Å². The van der Waals surface area contributed by atoms with Crippen molar-refractivity contribution in [1.82, 2.24) is 20.4 Å². The lowest BCUT2D eigenvalue weighted by Gasteiger charge is -2.15. The van der Waals surface area contributed by atoms with E-state index in [0.717, 1.165) is 61.9 Å². The quantitative estimate of drug-likeness (QED) is 0.475. The molecule has 1 fully saturated rings. The van der Waals surface area contributed by atoms with Crippen LogP contribution in [0.1, 0.15) is 47.8 Å². The van der Waals surface area contributed by atoms with Crippen LogP contribution in [0.4, 0.5) is 0 Å². The van der Waals surface area contributed by atoms with Gasteiger partial charge in [-0.05, 0) is 64.2 Å². The Labute approximate surface area is 186 Å². The van der Waals surface area contributed by atoms with Crippen molar-refractivity contribution in [2.24, 2.45) is 12.0 Å². The van der Waals surface area contributed by atoms with Crippen LogP contribution in [0.2, 0.25) is 0 Å². The van der Waals surface area contributed by atoms with Gasteiger partial charge in [-0.1, -0.05) is 12.1 Å². The molecule has 1 unspecified atom stereocenters. The topological polar surface area (TPSA) is 72.7 Å². The molecule has 0 bridgehead atoms. The Hall–Kier alpha value is -2.54. The van der Waals surface area contributed by atoms with Gasteiger partial charge in [0.2, 0.25) is 0 Å². The van der Waals surface area contributed by atoms with Crippen molar-refractivity contribution >= 4 is 5.96 Å². The van der Waals surface area contributed by atoms with Crippen molar-refractivity contribution in [3.63, 3.8) is 0 Å². The van der Waals surface area contributed by atoms with Crippen molar-refractivity contribution in [1.29, 1.82) is 0 Å². The average molecular weight is 428 g/mol. The number of aryl methyl sites for hydroxylation is 3. The zero-order valence-corrected chi connectivity index (χ0v) is 19.6. The molecule has 0 radical (unpaired) electrons. The second-order valence-corrected chi connectivity index (χ2v) is 8.20. The summed E-state index contributed by atoms with van der Waals surface area (Å²) in [4.78, 5) is 4.80. The second-order valence-electron chi connectivity index (χ2n) is 8.20. The van der Waals surface area contributed by atoms with E-state index >= 15 is 0 Å². The van der Waals surface area contributed by atoms with E-state index in [1.54, 1.807) is 0 Å². The van der Waals surface area contributed by atoms with Gasteiger partial charge in [-0.25, -0.2) is 4.99 Å². The fourth-order valence-electron chi connectivity index (χ4n) is 3.88. The van der Waals surface area contributed by atoms with Gasteiger partial charge in [0.25, 0.3) is 0 Å². The molecule has 0 spiro atoms. The van der Waals surface area contributed by atoms with Crippen LogP contribution < -0.4 is 15.4 Å². The SMILES string of the molecule is CCNC(=NCc1ccc(C)cc1OCC1CCCO1)NCCc1c(C)nn(C)c1C. The monoisotopic (exact) mass is 427 g/mol. The third-order valence-electron chi connectivity index (χ3n) is 5.75. The van der Waals surface area contributed by atoms with E-state index in [-0.39, 0.29) is 6.10 Å². The molecular weight excluding hydrogens is 390 g/mol. The highest BCUT2D eigenvalue weighted by Gasteiger charge is 2.17. The molecule has 0 aliphatic carbocycles. The molecule has 1 aromatic carbocycles. The maximum Gasteiger partial charge on any atom is 0.191 e. The zero-order chi connectivity index (χ0) is 22.2. The van der Waals surface area contributed by atoms with Gasteiger partial charge in [-0.3, -0.25) is 4.68 Å². The number of hydrogen-bond acceptors (Lipinski definition) is 4. The summed E-state index contributed by atoms with van der Waals surface area (Å²) in [6, 6.07) is 6.31. The molecule has 2 aromatic rings. The Morgan fingerprint density at radius 3 is 2.81 bits per heavy atom. The third-order valence-corrected chi connectivity index (χ3v) is 5.75. The van der Waals surface area contributed by atoms with Gasteiger partial charge < -0.3 is 20.1 Å². The molecule has 2 N–H and O–H groups in total. The average Bonchev–Trinajstić information content (AvgIpc) is 3.35. The standard InChI is InChI=1S/C24H37N5O2/c1-6-25-24(26-12-11-22-18(3)28-29(5)19(22)4)27-15-20-10-9-17(2)14-23(20)31-16-21-8-7-13-30-21/h9-10,14,21H,6-8,11-13,15-16H2,1-5H3,(H2,25,26,27). The molecule has 1 saturated heterocycles. The molecule has 1 atom stereocenters. The van der Waals surface area contributed by atoms with E-state index in [1.165, 1.54) is 16.8 Å². The summed E-state index contributed by atoms with van der Waals surface area (Å²) < 4.78 is 13.8. The van der Waals surface area contributed by atoms with Gasteiger partial charge in [0.15, 0.2) is 5.96 Å². The number of aromatic nitrogens is 2. The number of benzene rings is 1. The number of nitrogens with zero attached hydrogens (tertiary/aromatic N) is 3. The normalized spacial score (nSPS) is 16.5. The summed E-state index contributed by atoms with van der Waals surface area (Å²) in [5, 5.41) is 11.3. The van der Waals surface area contributed by atoms with Crippen LogP contribution in [0, 0.1) is 20.8 Å². The summed E-state index contributed by atoms with van der Waals surface area (Å²) in [6.07, 6.45) is 3.31. The predicted octanol–water partition coefficient (Wildman–Crippen LogP) is 3.20. The minimum atomic E-state index is 0.204. The third kappa shape index (κ3) is 6.47. The molecule has 1 aromatic heterocycles. The van der Waals surface area contributed by atoms with Crippen molar-refractivity contribution < 1.29 is 9.47 Å². The highest BCUT2D eigenvalue weighted by molar-refractivity contribution is 5.79. The van der Waals surface area contributed by atoms with Crippen molar-refractivity contribution in [2.45, 2.75) is 59.6 Å². The zero-order valence-electron chi connectivity index (χ0n) is 19.6. The number of rotatable bonds is 9. The van der Waals surface area contributed by atoms with E-state index in [4.69, 9.17) is 14.5 Å². The van der Waals surface area contributed by atoms with Crippen LogP contribution in [-0.2, 0) is 24.8 Å². The van der Waals surface area contributed by atoms with Crippen molar-refractivity contribution in [3.8, 4) is 5.75 Å². The Morgan fingerprint density at radius 1 is 1.29 bits per heavy atom. The lowest BCUT2D eigenvalue weighted by molar-refractivity contribution is 0.0676. The summed E-state index contributed by atoms with van der Waals surface area (Å²) in [5.41, 5.74) is 5.88. The van der Waals surface area contributed by atoms with Crippen molar-refractivity contribution in [2.75, 3.05) is 26.3 Å². The Bertz CT molecular complexity index is 884. The van der Waals surface area contributed by atoms with Crippen LogP contribution in [0.5, 0.6) is 5.75 Å². The number of hydrogen-bond donors (Lipinski definition) is 2. The van der Waals surface area contributed by atoms with E-state index in [0.29, 0.717) is 13.2 Å². The van der Waals surface area contributed by atoms with E-state index in [9.17, 15) is 0 Å². The minimum absolute atomic E-state index is 0.204. The number of nitrogens with one attached hydrogen (secondary N) is 2. The van der Waals surface area contributed by atoms with Crippen LogP contribution in [0.15, 0.2) is 23.2 Å². The molecular formula is C24H37N5O2. The van der Waals surface area contributed by atoms with Gasteiger partial charge in [0, 0.05) is 38.0 Å². The fourth-order valence-corrected chi connectivity index (χ4v) is 3.88. The molecule has 0 amide bonds. The lowest BCUT2D eigenvalue weighted by atomic mass is 10.1. The van der Waals surface area contributed by atoms with Crippen LogP contribution >= 0.6 is 0 Å². The Balaban J connectivity index is 1.61. The number of ether oxygens (including phenoxy) is 2. The highest BCUT2D eigenvalue weighted by atomic mass is 16.5. The fraction of sp³-hybridized carbons (Fsp3) is 0.583. The van der Waals surface area contributed by atoms with Gasteiger partial charge in [0.05, 0.1) is 18.3 Å². The van der Waals surface area contributed by atoms with Gasteiger partial charge in [-0.15, -0.1) is 0 Å². The molecule has 1 aliphatic heterocycles. The van der Waals surface area contributed by atoms with Crippen LogP contribution in [0.25, 0.3) is 0 Å². The smallest absolute Gasteiger partial charge is 0.191 e. The maximum absolute atomic E-state index is 6.12. The largest absolute Gasteiger partial charge is 0.491 e. The minimum Gasteiger partial charge on any atom is -0.491 e. The highest BCUT2D eigenvalue weighted by Crippen LogP contribution is 2.23. The molecule has 2 heterocycles. The predicted molar refractivity (Wildman–Crippen MR) is 125 cm³/mol. The first-order valence-corrected chi connectivity index (χ1v) is 11.3. The number of guanidine groups is 1. The molecule has 7 nitrogen and oxygen atoms in total. The summed E-state index contributed by atoms with van der Waals surface area (Å²) >= 11 is 0. The second kappa shape index (κ2) is 11.2. The summed E-state index contributed by atoms with van der Waals surface area (Å²) in [6.45, 7) is 12.0. The van der Waals surface area contributed by atoms with Crippen LogP contribution in [-0.4, -0.2) is 48.1 Å². The number of aliphatic imine (C=N–C) groups is 1. The van der Waals surface area contributed by atoms with E-state index in [2.05, 4.69) is 61.6 Å². The maximum atomic E-state index is 6.12. The Morgan fingerprint density at radius 2 is 2.13 bits per heavy atom. The summed E-state index contributed by atoms with van der Waals surface area (Å²) in [5.74, 6) is 1.71. The Kier molecular flexibility index (Phi) is 8.35. The molecule has 3 rings (SSSR count). The molecule has 1 aliphatic rings. The van der Waals surface area contributed by atoms with Gasteiger partial charge >= 0.3 is 0 Å². The molecule has 31 heavy (non-hydrogen) atoms. The van der Waals surface area contributed by atoms with Gasteiger partial charge in [-0.2, -0.15) is 5.10 Å². The first kappa shape index (κ1) is 23.1. The molecule has 7 heteroatoms. The first-order valence-electron chi connectivity index (χ1n) is 11.3. The summed E-state index contributed by atoms with van der Waals surface area (Å²) in [7, 11) is 1.99.